The number of thiophene rings is 2. The van der Waals surface area contributed by atoms with Gasteiger partial charge in [-0.3, -0.25) is 10.1 Å². The number of rotatable bonds is 5. The predicted octanol–water partition coefficient (Wildman–Crippen LogP) is 8.97. The molecule has 0 bridgehead atoms. The Balaban J connectivity index is 1.34. The van der Waals surface area contributed by atoms with Crippen LogP contribution in [0.15, 0.2) is 69.8 Å². The molecular formula is C28H13BrCl2N2O6S2. The number of ether oxygens (including phenoxy) is 2. The van der Waals surface area contributed by atoms with Gasteiger partial charge in [0.2, 0.25) is 5.90 Å². The lowest BCUT2D eigenvalue weighted by Crippen LogP contribution is -2.08. The first-order chi connectivity index (χ1) is 19.6. The van der Waals surface area contributed by atoms with E-state index < -0.39 is 16.9 Å². The number of hydrogen-bond donors (Lipinski definition) is 0. The summed E-state index contributed by atoms with van der Waals surface area (Å²) in [5.41, 5.74) is 1.32. The van der Waals surface area contributed by atoms with Gasteiger partial charge in [-0.15, -0.1) is 22.7 Å². The third-order valence-electron chi connectivity index (χ3n) is 6.08. The monoisotopic (exact) mass is 686 g/mol. The molecule has 1 aliphatic heterocycles. The highest BCUT2D eigenvalue weighted by Gasteiger charge is 2.29. The first kappa shape index (κ1) is 27.6. The van der Waals surface area contributed by atoms with Crippen molar-refractivity contribution in [3.8, 4) is 5.75 Å². The maximum atomic E-state index is 13.2. The van der Waals surface area contributed by atoms with E-state index in [9.17, 15) is 19.7 Å². The molecule has 204 valence electrons. The van der Waals surface area contributed by atoms with Gasteiger partial charge in [-0.25, -0.2) is 14.6 Å². The van der Waals surface area contributed by atoms with E-state index in [1.807, 2.05) is 25.1 Å². The molecule has 0 unspecified atom stereocenters. The average molecular weight is 688 g/mol. The minimum atomic E-state index is -0.758. The third-order valence-corrected chi connectivity index (χ3v) is 9.85. The van der Waals surface area contributed by atoms with Gasteiger partial charge in [-0.1, -0.05) is 51.3 Å². The molecule has 0 amide bonds. The topological polar surface area (TPSA) is 108 Å². The molecule has 8 nitrogen and oxygen atoms in total. The van der Waals surface area contributed by atoms with Crippen molar-refractivity contribution in [2.24, 2.45) is 4.99 Å². The van der Waals surface area contributed by atoms with Gasteiger partial charge in [0.15, 0.2) is 5.70 Å². The van der Waals surface area contributed by atoms with E-state index in [-0.39, 0.29) is 32.9 Å². The lowest BCUT2D eigenvalue weighted by molar-refractivity contribution is -0.384. The predicted molar refractivity (Wildman–Crippen MR) is 165 cm³/mol. The Labute approximate surface area is 257 Å². The van der Waals surface area contributed by atoms with Crippen molar-refractivity contribution in [2.75, 3.05) is 0 Å². The van der Waals surface area contributed by atoms with Crippen LogP contribution in [0.1, 0.15) is 25.7 Å². The highest BCUT2D eigenvalue weighted by atomic mass is 79.9. The van der Waals surface area contributed by atoms with Crippen molar-refractivity contribution < 1.29 is 24.0 Å². The first-order valence-corrected chi connectivity index (χ1v) is 14.9. The number of fused-ring (bicyclic) bond motifs is 2. The van der Waals surface area contributed by atoms with Gasteiger partial charge >= 0.3 is 11.9 Å². The lowest BCUT2D eigenvalue weighted by Gasteiger charge is -2.08. The van der Waals surface area contributed by atoms with Crippen LogP contribution in [0, 0.1) is 17.0 Å². The molecule has 0 spiro atoms. The number of non-ortho nitro benzene ring substituents is 1. The van der Waals surface area contributed by atoms with Crippen molar-refractivity contribution in [1.29, 1.82) is 0 Å². The second-order valence-corrected chi connectivity index (χ2v) is 12.6. The van der Waals surface area contributed by atoms with Crippen molar-refractivity contribution >= 4 is 112 Å². The standard InChI is InChI=1S/C28H13BrCl2N2O6S2/c1-12-2-5-16-20(8-12)40-24(22(16)30)26-32-18(27(34)39-26)10-13-9-14(29)3-7-19(13)38-28(35)25-23(31)17-6-4-15(33(36)37)11-21(17)41-25/h2-11H,1H3/b18-10+. The number of aliphatic imine (C=N–C) groups is 1. The summed E-state index contributed by atoms with van der Waals surface area (Å²) in [4.78, 5) is 41.5. The highest BCUT2D eigenvalue weighted by molar-refractivity contribution is 9.10. The Morgan fingerprint density at radius 3 is 2.56 bits per heavy atom. The summed E-state index contributed by atoms with van der Waals surface area (Å²) in [6.45, 7) is 1.98. The van der Waals surface area contributed by atoms with Crippen LogP contribution >= 0.6 is 61.8 Å². The normalized spacial score (nSPS) is 14.1. The number of carbonyl (C=O) groups excluding carboxylic acids is 2. The number of cyclic esters (lactones) is 1. The fourth-order valence-corrected chi connectivity index (χ4v) is 7.47. The van der Waals surface area contributed by atoms with E-state index in [1.165, 1.54) is 35.6 Å². The second kappa shape index (κ2) is 10.7. The van der Waals surface area contributed by atoms with Crippen LogP contribution < -0.4 is 4.74 Å². The minimum Gasteiger partial charge on any atom is -0.422 e. The summed E-state index contributed by atoms with van der Waals surface area (Å²) in [7, 11) is 0. The van der Waals surface area contributed by atoms with Crippen molar-refractivity contribution in [2.45, 2.75) is 6.92 Å². The molecule has 0 fully saturated rings. The van der Waals surface area contributed by atoms with Crippen LogP contribution in [0.5, 0.6) is 5.75 Å². The summed E-state index contributed by atoms with van der Waals surface area (Å²) in [5, 5.41) is 13.1. The second-order valence-electron chi connectivity index (χ2n) is 8.84. The molecule has 5 aromatic rings. The van der Waals surface area contributed by atoms with E-state index in [4.69, 9.17) is 32.7 Å². The van der Waals surface area contributed by atoms with E-state index in [0.29, 0.717) is 30.0 Å². The maximum Gasteiger partial charge on any atom is 0.363 e. The van der Waals surface area contributed by atoms with Crippen molar-refractivity contribution in [3.63, 3.8) is 0 Å². The quantitative estimate of drug-likeness (QED) is 0.0600. The molecule has 3 aromatic carbocycles. The zero-order valence-corrected chi connectivity index (χ0v) is 25.3. The van der Waals surface area contributed by atoms with Gasteiger partial charge in [0.1, 0.15) is 15.5 Å². The molecule has 2 aromatic heterocycles. The molecule has 0 aliphatic carbocycles. The van der Waals surface area contributed by atoms with Crippen molar-refractivity contribution in [3.05, 3.63) is 106 Å². The van der Waals surface area contributed by atoms with E-state index >= 15 is 0 Å². The molecule has 0 saturated heterocycles. The van der Waals surface area contributed by atoms with Crippen LogP contribution in [0.2, 0.25) is 10.0 Å². The van der Waals surface area contributed by atoms with Crippen LogP contribution in [0.3, 0.4) is 0 Å². The van der Waals surface area contributed by atoms with Crippen LogP contribution in [-0.4, -0.2) is 22.8 Å². The molecular weight excluding hydrogens is 675 g/mol. The molecule has 0 N–H and O–H groups in total. The molecule has 13 heteroatoms. The van der Waals surface area contributed by atoms with E-state index in [2.05, 4.69) is 20.9 Å². The van der Waals surface area contributed by atoms with Gasteiger partial charge in [0.05, 0.1) is 15.0 Å². The molecule has 1 aliphatic rings. The van der Waals surface area contributed by atoms with Crippen LogP contribution in [0.25, 0.3) is 26.2 Å². The highest BCUT2D eigenvalue weighted by Crippen LogP contribution is 2.40. The molecule has 6 rings (SSSR count). The summed E-state index contributed by atoms with van der Waals surface area (Å²) < 4.78 is 13.2. The van der Waals surface area contributed by atoms with Gasteiger partial charge in [-0.05, 0) is 48.9 Å². The molecule has 41 heavy (non-hydrogen) atoms. The number of nitro groups is 1. The van der Waals surface area contributed by atoms with E-state index in [1.54, 1.807) is 18.2 Å². The molecule has 0 saturated carbocycles. The molecule has 0 radical (unpaired) electrons. The SMILES string of the molecule is Cc1ccc2c(Cl)c(C3=N/C(=C/c4cc(Br)ccc4OC(=O)c4sc5cc([N+](=O)[O-])ccc5c4Cl)C(=O)O3)sc2c1. The number of nitrogens with zero attached hydrogens (tertiary/aromatic N) is 2. The van der Waals surface area contributed by atoms with Gasteiger partial charge < -0.3 is 9.47 Å². The number of aryl methyl sites for hydroxylation is 1. The number of hydrogen-bond acceptors (Lipinski definition) is 9. The summed E-state index contributed by atoms with van der Waals surface area (Å²) in [5.74, 6) is -1.22. The molecule has 3 heterocycles. The minimum absolute atomic E-state index is 0.00712. The van der Waals surface area contributed by atoms with Crippen LogP contribution in [0.4, 0.5) is 5.69 Å². The Morgan fingerprint density at radius 2 is 1.78 bits per heavy atom. The number of carbonyl (C=O) groups is 2. The van der Waals surface area contributed by atoms with Crippen LogP contribution in [-0.2, 0) is 9.53 Å². The Bertz CT molecular complexity index is 2030. The summed E-state index contributed by atoms with van der Waals surface area (Å²) in [6, 6.07) is 14.9. The maximum absolute atomic E-state index is 13.2. The zero-order valence-electron chi connectivity index (χ0n) is 20.6. The average Bonchev–Trinajstić information content (AvgIpc) is 3.57. The van der Waals surface area contributed by atoms with Gasteiger partial charge in [0.25, 0.3) is 5.69 Å². The fourth-order valence-electron chi connectivity index (χ4n) is 4.13. The number of benzene rings is 3. The fraction of sp³-hybridized carbons (Fsp3) is 0.0357. The third kappa shape index (κ3) is 5.15. The first-order valence-electron chi connectivity index (χ1n) is 11.7. The number of halogens is 3. The number of nitro benzene ring substituents is 1. The smallest absolute Gasteiger partial charge is 0.363 e. The van der Waals surface area contributed by atoms with Crippen molar-refractivity contribution in [1.82, 2.24) is 0 Å². The van der Waals surface area contributed by atoms with Gasteiger partial charge in [0, 0.05) is 42.3 Å². The Kier molecular flexibility index (Phi) is 7.16. The zero-order chi connectivity index (χ0) is 29.0. The Morgan fingerprint density at radius 1 is 1.05 bits per heavy atom. The largest absolute Gasteiger partial charge is 0.422 e. The number of esters is 2. The Hall–Kier alpha value is -3.61. The van der Waals surface area contributed by atoms with Gasteiger partial charge in [-0.2, -0.15) is 0 Å². The summed E-state index contributed by atoms with van der Waals surface area (Å²) >= 11 is 18.8. The summed E-state index contributed by atoms with van der Waals surface area (Å²) in [6.07, 6.45) is 1.45. The lowest BCUT2D eigenvalue weighted by atomic mass is 10.1. The molecule has 0 atom stereocenters. The van der Waals surface area contributed by atoms with E-state index in [0.717, 1.165) is 27.0 Å².